The summed E-state index contributed by atoms with van der Waals surface area (Å²) in [5.41, 5.74) is 0.821. The van der Waals surface area contributed by atoms with Crippen LogP contribution < -0.4 is 0 Å². The number of aliphatic hydroxyl groups excluding tert-OH is 1. The van der Waals surface area contributed by atoms with Crippen molar-refractivity contribution in [2.75, 3.05) is 0 Å². The topological polar surface area (TPSA) is 124 Å². The van der Waals surface area contributed by atoms with E-state index in [1.165, 1.54) is 24.3 Å². The van der Waals surface area contributed by atoms with Crippen LogP contribution in [0, 0.1) is 0 Å². The predicted octanol–water partition coefficient (Wildman–Crippen LogP) is 1.29. The minimum atomic E-state index is -1.17. The lowest BCUT2D eigenvalue weighted by molar-refractivity contribution is -0.111. The van der Waals surface area contributed by atoms with Crippen molar-refractivity contribution < 1.29 is 34.4 Å². The van der Waals surface area contributed by atoms with E-state index in [0.717, 1.165) is 6.08 Å². The third-order valence-electron chi connectivity index (χ3n) is 5.21. The molecule has 0 saturated carbocycles. The van der Waals surface area contributed by atoms with Gasteiger partial charge in [0.1, 0.15) is 23.7 Å². The Morgan fingerprint density at radius 1 is 0.889 bits per heavy atom. The van der Waals surface area contributed by atoms with Crippen molar-refractivity contribution in [2.24, 2.45) is 0 Å². The molecule has 1 aliphatic heterocycles. The normalized spacial score (nSPS) is 25.4. The smallest absolute Gasteiger partial charge is 0.237 e. The minimum Gasteiger partial charge on any atom is -0.508 e. The summed E-state index contributed by atoms with van der Waals surface area (Å²) in [6, 6.07) is 7.15. The van der Waals surface area contributed by atoms with Crippen molar-refractivity contribution in [3.63, 3.8) is 0 Å². The maximum absolute atomic E-state index is 12.8. The van der Waals surface area contributed by atoms with Crippen molar-refractivity contribution in [3.05, 3.63) is 64.2 Å². The van der Waals surface area contributed by atoms with E-state index in [-0.39, 0.29) is 39.3 Å². The van der Waals surface area contributed by atoms with Crippen molar-refractivity contribution in [2.45, 2.75) is 18.3 Å². The van der Waals surface area contributed by atoms with E-state index in [4.69, 9.17) is 4.74 Å². The molecule has 2 aromatic rings. The molecule has 7 nitrogen and oxygen atoms in total. The number of aliphatic hydroxyl groups is 1. The van der Waals surface area contributed by atoms with Crippen LogP contribution in [0.4, 0.5) is 0 Å². The molecule has 2 unspecified atom stereocenters. The molecule has 3 aliphatic rings. The van der Waals surface area contributed by atoms with Gasteiger partial charge in [0.15, 0.2) is 11.9 Å². The Morgan fingerprint density at radius 2 is 1.63 bits per heavy atom. The van der Waals surface area contributed by atoms with Crippen molar-refractivity contribution >= 4 is 22.9 Å². The number of hydrogen-bond donors (Lipinski definition) is 3. The van der Waals surface area contributed by atoms with E-state index in [2.05, 4.69) is 0 Å². The van der Waals surface area contributed by atoms with Gasteiger partial charge >= 0.3 is 0 Å². The Morgan fingerprint density at radius 3 is 2.41 bits per heavy atom. The fourth-order valence-electron chi connectivity index (χ4n) is 3.90. The average molecular weight is 364 g/mol. The van der Waals surface area contributed by atoms with Crippen molar-refractivity contribution in [1.82, 2.24) is 0 Å². The molecule has 5 rings (SSSR count). The zero-order valence-corrected chi connectivity index (χ0v) is 13.7. The molecule has 2 aliphatic carbocycles. The maximum Gasteiger partial charge on any atom is 0.237 e. The number of Topliss-reactive ketones (excluding diaryl/α,β-unsaturated/α-hetero) is 2. The second-order valence-electron chi connectivity index (χ2n) is 6.70. The lowest BCUT2D eigenvalue weighted by atomic mass is 9.78. The quantitative estimate of drug-likeness (QED) is 0.514. The highest BCUT2D eigenvalue weighted by Crippen LogP contribution is 2.49. The molecule has 7 heteroatoms. The van der Waals surface area contributed by atoms with Gasteiger partial charge < -0.3 is 20.1 Å². The molecule has 2 aromatic carbocycles. The summed E-state index contributed by atoms with van der Waals surface area (Å²) >= 11 is 0. The summed E-state index contributed by atoms with van der Waals surface area (Å²) in [6.45, 7) is 0. The van der Waals surface area contributed by atoms with Crippen LogP contribution in [-0.4, -0.2) is 44.9 Å². The number of carbonyl (C=O) groups is 3. The van der Waals surface area contributed by atoms with Crippen LogP contribution in [0.2, 0.25) is 0 Å². The second kappa shape index (κ2) is 5.12. The van der Waals surface area contributed by atoms with Gasteiger partial charge in [-0.15, -0.1) is 0 Å². The van der Waals surface area contributed by atoms with Gasteiger partial charge in [-0.25, -0.2) is 0 Å². The highest BCUT2D eigenvalue weighted by Gasteiger charge is 2.56. The van der Waals surface area contributed by atoms with E-state index in [9.17, 15) is 29.7 Å². The van der Waals surface area contributed by atoms with Crippen LogP contribution in [-0.2, 0) is 9.53 Å². The number of ketones is 3. The zero-order valence-electron chi connectivity index (χ0n) is 13.7. The first-order valence-corrected chi connectivity index (χ1v) is 8.27. The first-order chi connectivity index (χ1) is 12.9. The Kier molecular flexibility index (Phi) is 3.02. The fraction of sp³-hybridized carbons (Fsp3) is 0.150. The third-order valence-corrected chi connectivity index (χ3v) is 5.21. The molecule has 27 heavy (non-hydrogen) atoms. The van der Waals surface area contributed by atoms with Gasteiger partial charge in [-0.3, -0.25) is 14.4 Å². The van der Waals surface area contributed by atoms with E-state index >= 15 is 0 Å². The average Bonchev–Trinajstić information content (AvgIpc) is 3.44. The van der Waals surface area contributed by atoms with Crippen LogP contribution in [0.5, 0.6) is 11.5 Å². The van der Waals surface area contributed by atoms with Crippen molar-refractivity contribution in [1.29, 1.82) is 0 Å². The van der Waals surface area contributed by atoms with Gasteiger partial charge in [-0.1, -0.05) is 12.1 Å². The number of hydrogen-bond acceptors (Lipinski definition) is 7. The summed E-state index contributed by atoms with van der Waals surface area (Å²) in [6.07, 6.45) is -1.55. The number of phenols is 2. The monoisotopic (exact) mass is 364 g/mol. The molecule has 0 radical (unpaired) electrons. The SMILES string of the molecule is O=C1C=C(c2ccc(O)c3c2C(=O)C2OC2[C@H]3O)c2cccc(O)c2C1=O. The molecule has 0 aromatic heterocycles. The largest absolute Gasteiger partial charge is 0.508 e. The van der Waals surface area contributed by atoms with Gasteiger partial charge in [0.2, 0.25) is 11.6 Å². The number of benzene rings is 2. The molecular formula is C20H12O7. The van der Waals surface area contributed by atoms with E-state index in [1.54, 1.807) is 6.07 Å². The summed E-state index contributed by atoms with van der Waals surface area (Å²) in [5.74, 6) is -2.65. The van der Waals surface area contributed by atoms with E-state index in [0.29, 0.717) is 5.56 Å². The van der Waals surface area contributed by atoms with Crippen LogP contribution >= 0.6 is 0 Å². The van der Waals surface area contributed by atoms with Crippen LogP contribution in [0.15, 0.2) is 36.4 Å². The summed E-state index contributed by atoms with van der Waals surface area (Å²) in [7, 11) is 0. The first-order valence-electron chi connectivity index (χ1n) is 8.27. The molecular weight excluding hydrogens is 352 g/mol. The highest BCUT2D eigenvalue weighted by molar-refractivity contribution is 6.51. The van der Waals surface area contributed by atoms with Crippen molar-refractivity contribution in [3.8, 4) is 11.5 Å². The predicted molar refractivity (Wildman–Crippen MR) is 90.6 cm³/mol. The van der Waals surface area contributed by atoms with Gasteiger partial charge in [0, 0.05) is 11.1 Å². The molecule has 0 bridgehead atoms. The number of rotatable bonds is 1. The molecule has 1 saturated heterocycles. The van der Waals surface area contributed by atoms with E-state index < -0.39 is 35.7 Å². The van der Waals surface area contributed by atoms with Gasteiger partial charge in [0.25, 0.3) is 0 Å². The number of allylic oxidation sites excluding steroid dienone is 1. The Hall–Kier alpha value is -3.29. The maximum atomic E-state index is 12.8. The number of epoxide rings is 1. The molecule has 0 spiro atoms. The summed E-state index contributed by atoms with van der Waals surface area (Å²) in [4.78, 5) is 37.2. The number of carbonyl (C=O) groups excluding carboxylic acids is 3. The first kappa shape index (κ1) is 15.9. The molecule has 134 valence electrons. The van der Waals surface area contributed by atoms with Gasteiger partial charge in [0.05, 0.1) is 5.56 Å². The highest BCUT2D eigenvalue weighted by atomic mass is 16.6. The third kappa shape index (κ3) is 2.00. The Labute approximate surface area is 152 Å². The minimum absolute atomic E-state index is 0.0446. The standard InChI is InChI=1S/C20H12O7/c21-10-3-1-2-7-9(6-12(23)16(24)13(7)10)8-4-5-11(22)15-14(8)17(25)19-20(27-19)18(15)26/h1-6,18-22,26H/t18-,19?,20?/m0/s1. The van der Waals surface area contributed by atoms with Crippen LogP contribution in [0.3, 0.4) is 0 Å². The molecule has 1 heterocycles. The number of ether oxygens (including phenoxy) is 1. The number of aromatic hydroxyl groups is 2. The molecule has 1 fully saturated rings. The Balaban J connectivity index is 1.81. The number of fused-ring (bicyclic) bond motifs is 3. The number of phenolic OH excluding ortho intramolecular Hbond substituents is 2. The zero-order chi connectivity index (χ0) is 19.0. The Bertz CT molecular complexity index is 1110. The molecule has 3 atom stereocenters. The van der Waals surface area contributed by atoms with Gasteiger partial charge in [-0.05, 0) is 41.0 Å². The van der Waals surface area contributed by atoms with Crippen LogP contribution in [0.25, 0.3) is 5.57 Å². The lowest BCUT2D eigenvalue weighted by Crippen LogP contribution is -2.27. The molecule has 3 N–H and O–H groups in total. The molecule has 0 amide bonds. The van der Waals surface area contributed by atoms with Gasteiger partial charge in [-0.2, -0.15) is 0 Å². The second-order valence-corrected chi connectivity index (χ2v) is 6.70. The lowest BCUT2D eigenvalue weighted by Gasteiger charge is -2.24. The van der Waals surface area contributed by atoms with E-state index in [1.807, 2.05) is 0 Å². The van der Waals surface area contributed by atoms with Crippen LogP contribution in [0.1, 0.15) is 43.5 Å². The summed E-state index contributed by atoms with van der Waals surface area (Å²) in [5, 5.41) is 30.7. The fourth-order valence-corrected chi connectivity index (χ4v) is 3.90. The summed E-state index contributed by atoms with van der Waals surface area (Å²) < 4.78 is 5.22.